The van der Waals surface area contributed by atoms with Gasteiger partial charge in [0.1, 0.15) is 0 Å². The van der Waals surface area contributed by atoms with Gasteiger partial charge in [-0.2, -0.15) is 0 Å². The minimum Gasteiger partial charge on any atom is -0.335 e. The number of hydrogen-bond acceptors (Lipinski definition) is 4. The zero-order valence-corrected chi connectivity index (χ0v) is 33.1. The Labute approximate surface area is 342 Å². The van der Waals surface area contributed by atoms with Crippen molar-refractivity contribution in [1.82, 2.24) is 0 Å². The lowest BCUT2D eigenvalue weighted by atomic mass is 9.80. The highest BCUT2D eigenvalue weighted by atomic mass is 32.2. The van der Waals surface area contributed by atoms with Crippen molar-refractivity contribution >= 4 is 55.9 Å². The first kappa shape index (κ1) is 33.3. The number of allylic oxidation sites excluding steroid dienone is 2. The Hall–Kier alpha value is -5.81. The minimum atomic E-state index is 0.332. The third-order valence-corrected chi connectivity index (χ3v) is 15.6. The predicted molar refractivity (Wildman–Crippen MR) is 241 cm³/mol. The van der Waals surface area contributed by atoms with Gasteiger partial charge in [0.2, 0.25) is 0 Å². The Morgan fingerprint density at radius 1 is 0.561 bits per heavy atom. The highest BCUT2D eigenvalue weighted by molar-refractivity contribution is 8.00. The van der Waals surface area contributed by atoms with Gasteiger partial charge in [0.25, 0.3) is 0 Å². The summed E-state index contributed by atoms with van der Waals surface area (Å²) in [5.41, 5.74) is 16.1. The van der Waals surface area contributed by atoms with E-state index in [-0.39, 0.29) is 0 Å². The van der Waals surface area contributed by atoms with Crippen LogP contribution in [0.1, 0.15) is 51.6 Å². The highest BCUT2D eigenvalue weighted by Gasteiger charge is 2.50. The van der Waals surface area contributed by atoms with Crippen LogP contribution in [0.5, 0.6) is 0 Å². The van der Waals surface area contributed by atoms with E-state index in [0.29, 0.717) is 23.1 Å². The Bertz CT molecular complexity index is 2740. The molecule has 57 heavy (non-hydrogen) atoms. The van der Waals surface area contributed by atoms with Crippen LogP contribution in [0.2, 0.25) is 0 Å². The average molecular weight is 769 g/mol. The summed E-state index contributed by atoms with van der Waals surface area (Å²) >= 11 is 4.09. The summed E-state index contributed by atoms with van der Waals surface area (Å²) < 4.78 is 1.40. The molecule has 3 heterocycles. The maximum absolute atomic E-state index is 2.80. The van der Waals surface area contributed by atoms with Crippen LogP contribution < -0.4 is 9.80 Å². The molecule has 4 heteroatoms. The fraction of sp³-hybridized carbons (Fsp3) is 0.132. The first-order valence-corrected chi connectivity index (χ1v) is 21.9. The summed E-state index contributed by atoms with van der Waals surface area (Å²) in [6.07, 6.45) is 5.90. The van der Waals surface area contributed by atoms with Crippen molar-refractivity contribution in [3.8, 4) is 22.3 Å². The SMILES string of the molecule is C1=C(N2c3c(sc4ccccc34)C3Sc4ccccc4C32)CC2c3c(cccc3N(c3ccc(-c4ccccc4)cc3)c3ccc(-c4ccccc4)cc3)CC2C1. The monoisotopic (exact) mass is 768 g/mol. The van der Waals surface area contributed by atoms with Crippen LogP contribution in [0.3, 0.4) is 0 Å². The third-order valence-electron chi connectivity index (χ3n) is 12.8. The second-order valence-corrected chi connectivity index (χ2v) is 18.2. The lowest BCUT2D eigenvalue weighted by molar-refractivity contribution is 0.428. The molecule has 4 aliphatic rings. The van der Waals surface area contributed by atoms with E-state index >= 15 is 0 Å². The van der Waals surface area contributed by atoms with E-state index < -0.39 is 0 Å². The Morgan fingerprint density at radius 3 is 1.91 bits per heavy atom. The molecule has 0 saturated heterocycles. The van der Waals surface area contributed by atoms with E-state index in [1.165, 1.54) is 82.4 Å². The molecule has 8 aromatic rings. The summed E-state index contributed by atoms with van der Waals surface area (Å²) in [6.45, 7) is 0. The fourth-order valence-electron chi connectivity index (χ4n) is 10.3. The van der Waals surface area contributed by atoms with Gasteiger partial charge in [-0.3, -0.25) is 0 Å². The van der Waals surface area contributed by atoms with Crippen LogP contribution in [0.25, 0.3) is 32.3 Å². The van der Waals surface area contributed by atoms with Crippen molar-refractivity contribution in [3.63, 3.8) is 0 Å². The summed E-state index contributed by atoms with van der Waals surface area (Å²) in [6, 6.07) is 65.5. The van der Waals surface area contributed by atoms with Crippen molar-refractivity contribution in [2.24, 2.45) is 5.92 Å². The van der Waals surface area contributed by atoms with Crippen LogP contribution in [-0.2, 0) is 6.42 Å². The molecule has 0 saturated carbocycles. The van der Waals surface area contributed by atoms with E-state index in [9.17, 15) is 0 Å². The average Bonchev–Trinajstić information content (AvgIpc) is 4.03. The highest BCUT2D eigenvalue weighted by Crippen LogP contribution is 2.68. The molecular weight excluding hydrogens is 729 g/mol. The molecule has 2 nitrogen and oxygen atoms in total. The van der Waals surface area contributed by atoms with Crippen LogP contribution in [-0.4, -0.2) is 0 Å². The van der Waals surface area contributed by atoms with Gasteiger partial charge in [0.15, 0.2) is 0 Å². The Kier molecular flexibility index (Phi) is 7.84. The van der Waals surface area contributed by atoms with Crippen molar-refractivity contribution in [1.29, 1.82) is 0 Å². The summed E-state index contributed by atoms with van der Waals surface area (Å²) in [7, 11) is 0. The third kappa shape index (κ3) is 5.38. The normalized spacial score (nSPS) is 20.1. The lowest BCUT2D eigenvalue weighted by Gasteiger charge is -2.37. The standard InChI is InChI=1S/C53H40N2S2/c1-3-12-34(13-4-1)36-22-27-40(28-23-36)54(41-29-24-37(25-30-41)35-14-5-2-6-15-35)46-19-11-16-39-32-38-26-31-42(33-45(38)49(39)46)55-50-43-17-7-9-20-47(43)56-52(50)53-51(55)44-18-8-10-21-48(44)57-53/h1-25,27-31,38,45,50,52H,26,32-33H2. The number of thiophene rings is 1. The molecule has 4 atom stereocenters. The summed E-state index contributed by atoms with van der Waals surface area (Å²) in [4.78, 5) is 8.32. The quantitative estimate of drug-likeness (QED) is 0.166. The van der Waals surface area contributed by atoms with Gasteiger partial charge in [0.05, 0.1) is 17.0 Å². The van der Waals surface area contributed by atoms with Crippen LogP contribution in [0.15, 0.2) is 193 Å². The van der Waals surface area contributed by atoms with Gasteiger partial charge in [-0.05, 0) is 113 Å². The van der Waals surface area contributed by atoms with Crippen molar-refractivity contribution in [2.45, 2.75) is 41.4 Å². The topological polar surface area (TPSA) is 6.48 Å². The number of hydrogen-bond donors (Lipinski definition) is 0. The molecule has 0 amide bonds. The fourth-order valence-corrected chi connectivity index (χ4v) is 13.2. The Morgan fingerprint density at radius 2 is 1.19 bits per heavy atom. The van der Waals surface area contributed by atoms with E-state index in [2.05, 4.69) is 204 Å². The molecule has 0 spiro atoms. The largest absolute Gasteiger partial charge is 0.335 e. The van der Waals surface area contributed by atoms with E-state index in [1.54, 1.807) is 4.88 Å². The molecule has 274 valence electrons. The molecule has 0 radical (unpaired) electrons. The van der Waals surface area contributed by atoms with Gasteiger partial charge < -0.3 is 9.80 Å². The molecule has 0 fully saturated rings. The van der Waals surface area contributed by atoms with Gasteiger partial charge in [-0.25, -0.2) is 0 Å². The minimum absolute atomic E-state index is 0.332. The van der Waals surface area contributed by atoms with Crippen molar-refractivity contribution in [2.75, 3.05) is 9.80 Å². The predicted octanol–water partition coefficient (Wildman–Crippen LogP) is 15.0. The molecule has 1 aromatic heterocycles. The van der Waals surface area contributed by atoms with Gasteiger partial charge in [-0.1, -0.05) is 140 Å². The maximum atomic E-state index is 2.80. The second-order valence-electron chi connectivity index (χ2n) is 15.9. The smallest absolute Gasteiger partial charge is 0.0771 e. The van der Waals surface area contributed by atoms with E-state index in [0.717, 1.165) is 19.3 Å². The number of benzene rings is 7. The first-order chi connectivity index (χ1) is 28.3. The molecule has 2 aliphatic heterocycles. The molecular formula is C53H40N2S2. The molecule has 2 aliphatic carbocycles. The summed E-state index contributed by atoms with van der Waals surface area (Å²) in [5, 5.41) is 1.83. The van der Waals surface area contributed by atoms with Gasteiger partial charge >= 0.3 is 0 Å². The first-order valence-electron chi connectivity index (χ1n) is 20.2. The zero-order valence-electron chi connectivity index (χ0n) is 31.5. The van der Waals surface area contributed by atoms with Crippen LogP contribution >= 0.6 is 23.1 Å². The van der Waals surface area contributed by atoms with E-state index in [1.807, 2.05) is 11.3 Å². The molecule has 4 unspecified atom stereocenters. The van der Waals surface area contributed by atoms with Crippen molar-refractivity contribution in [3.05, 3.63) is 209 Å². The van der Waals surface area contributed by atoms with Crippen LogP contribution in [0, 0.1) is 5.92 Å². The number of thioether (sulfide) groups is 1. The number of fused-ring (bicyclic) bond motifs is 10. The molecule has 12 rings (SSSR count). The maximum Gasteiger partial charge on any atom is 0.0771 e. The van der Waals surface area contributed by atoms with E-state index in [4.69, 9.17) is 0 Å². The molecule has 0 N–H and O–H groups in total. The van der Waals surface area contributed by atoms with Crippen LogP contribution in [0.4, 0.5) is 22.7 Å². The summed E-state index contributed by atoms with van der Waals surface area (Å²) in [5.74, 6) is 1.03. The second kappa shape index (κ2) is 13.4. The Balaban J connectivity index is 0.964. The van der Waals surface area contributed by atoms with Crippen molar-refractivity contribution < 1.29 is 0 Å². The lowest BCUT2D eigenvalue weighted by Crippen LogP contribution is -2.28. The number of rotatable bonds is 6. The number of anilines is 4. The van der Waals surface area contributed by atoms with Gasteiger partial charge in [0, 0.05) is 42.6 Å². The molecule has 7 aromatic carbocycles. The number of nitrogens with zero attached hydrogens (tertiary/aromatic N) is 2. The molecule has 0 bridgehead atoms. The zero-order chi connectivity index (χ0) is 37.5. The van der Waals surface area contributed by atoms with Gasteiger partial charge in [-0.15, -0.1) is 23.1 Å².